The predicted octanol–water partition coefficient (Wildman–Crippen LogP) is 3.62. The minimum atomic E-state index is 0.189. The standard InChI is InChI=1S/C16H35NO2/c1-7-9-16(5,14-17-15(2,3)4)10-13-19-12-8-11-18-6/h17H,7-14H2,1-6H3. The molecule has 19 heavy (non-hydrogen) atoms. The van der Waals surface area contributed by atoms with Gasteiger partial charge in [-0.1, -0.05) is 20.3 Å². The van der Waals surface area contributed by atoms with Crippen LogP contribution >= 0.6 is 0 Å². The van der Waals surface area contributed by atoms with E-state index in [4.69, 9.17) is 9.47 Å². The SMILES string of the molecule is CCCC(C)(CCOCCCOC)CNC(C)(C)C. The molecule has 0 heterocycles. The first-order valence-corrected chi connectivity index (χ1v) is 7.65. The van der Waals surface area contributed by atoms with Gasteiger partial charge in [0.15, 0.2) is 0 Å². The minimum Gasteiger partial charge on any atom is -0.385 e. The van der Waals surface area contributed by atoms with Crippen molar-refractivity contribution in [3.63, 3.8) is 0 Å². The average Bonchev–Trinajstić information content (AvgIpc) is 2.31. The molecule has 0 aliphatic rings. The van der Waals surface area contributed by atoms with Gasteiger partial charge in [-0.05, 0) is 45.4 Å². The van der Waals surface area contributed by atoms with Crippen molar-refractivity contribution in [2.75, 3.05) is 33.5 Å². The first-order valence-electron chi connectivity index (χ1n) is 7.65. The molecule has 0 aromatic rings. The van der Waals surface area contributed by atoms with E-state index in [1.165, 1.54) is 12.8 Å². The predicted molar refractivity (Wildman–Crippen MR) is 82.7 cm³/mol. The molecule has 1 atom stereocenters. The third-order valence-corrected chi connectivity index (χ3v) is 3.39. The van der Waals surface area contributed by atoms with Gasteiger partial charge in [0.25, 0.3) is 0 Å². The van der Waals surface area contributed by atoms with Crippen LogP contribution in [0.1, 0.15) is 60.3 Å². The average molecular weight is 273 g/mol. The first-order chi connectivity index (χ1) is 8.83. The zero-order valence-electron chi connectivity index (χ0n) is 14.0. The highest BCUT2D eigenvalue weighted by atomic mass is 16.5. The van der Waals surface area contributed by atoms with Crippen LogP contribution in [0.3, 0.4) is 0 Å². The molecule has 0 spiro atoms. The van der Waals surface area contributed by atoms with Gasteiger partial charge in [0, 0.05) is 39.0 Å². The second-order valence-corrected chi connectivity index (χ2v) is 6.87. The minimum absolute atomic E-state index is 0.189. The van der Waals surface area contributed by atoms with Crippen molar-refractivity contribution in [2.24, 2.45) is 5.41 Å². The lowest BCUT2D eigenvalue weighted by Gasteiger charge is -2.33. The fraction of sp³-hybridized carbons (Fsp3) is 1.00. The van der Waals surface area contributed by atoms with Crippen LogP contribution in [0.25, 0.3) is 0 Å². The smallest absolute Gasteiger partial charge is 0.0487 e. The van der Waals surface area contributed by atoms with Crippen LogP contribution in [0, 0.1) is 5.41 Å². The molecule has 0 bridgehead atoms. The van der Waals surface area contributed by atoms with E-state index in [0.717, 1.165) is 39.2 Å². The van der Waals surface area contributed by atoms with E-state index in [-0.39, 0.29) is 5.54 Å². The van der Waals surface area contributed by atoms with Gasteiger partial charge in [-0.3, -0.25) is 0 Å². The lowest BCUT2D eigenvalue weighted by molar-refractivity contribution is 0.0750. The molecular formula is C16H35NO2. The van der Waals surface area contributed by atoms with Gasteiger partial charge in [0.1, 0.15) is 0 Å². The van der Waals surface area contributed by atoms with Gasteiger partial charge in [-0.25, -0.2) is 0 Å². The van der Waals surface area contributed by atoms with Gasteiger partial charge in [0.05, 0.1) is 0 Å². The van der Waals surface area contributed by atoms with Crippen LogP contribution < -0.4 is 5.32 Å². The lowest BCUT2D eigenvalue weighted by Crippen LogP contribution is -2.43. The summed E-state index contributed by atoms with van der Waals surface area (Å²) in [6.45, 7) is 14.8. The molecule has 1 unspecified atom stereocenters. The van der Waals surface area contributed by atoms with Crippen molar-refractivity contribution in [1.29, 1.82) is 0 Å². The van der Waals surface area contributed by atoms with Crippen LogP contribution in [0.4, 0.5) is 0 Å². The monoisotopic (exact) mass is 273 g/mol. The Kier molecular flexibility index (Phi) is 9.67. The second-order valence-electron chi connectivity index (χ2n) is 6.87. The highest BCUT2D eigenvalue weighted by Crippen LogP contribution is 2.27. The summed E-state index contributed by atoms with van der Waals surface area (Å²) in [5.41, 5.74) is 0.525. The number of nitrogens with one attached hydrogen (secondary N) is 1. The Labute approximate surface area is 120 Å². The summed E-state index contributed by atoms with van der Waals surface area (Å²) in [5.74, 6) is 0. The molecule has 3 nitrogen and oxygen atoms in total. The van der Waals surface area contributed by atoms with E-state index in [9.17, 15) is 0 Å². The van der Waals surface area contributed by atoms with E-state index in [1.54, 1.807) is 7.11 Å². The van der Waals surface area contributed by atoms with E-state index < -0.39 is 0 Å². The van der Waals surface area contributed by atoms with Crippen LogP contribution in [-0.2, 0) is 9.47 Å². The number of hydrogen-bond donors (Lipinski definition) is 1. The van der Waals surface area contributed by atoms with Crippen LogP contribution in [0.15, 0.2) is 0 Å². The molecule has 0 aromatic heterocycles. The molecule has 0 aromatic carbocycles. The van der Waals surface area contributed by atoms with Gasteiger partial charge < -0.3 is 14.8 Å². The summed E-state index contributed by atoms with van der Waals surface area (Å²) in [6.07, 6.45) is 4.58. The first kappa shape index (κ1) is 18.9. The van der Waals surface area contributed by atoms with E-state index in [2.05, 4.69) is 39.9 Å². The number of hydrogen-bond acceptors (Lipinski definition) is 3. The molecule has 0 rings (SSSR count). The maximum absolute atomic E-state index is 5.70. The Bertz CT molecular complexity index is 213. The van der Waals surface area contributed by atoms with E-state index >= 15 is 0 Å². The number of rotatable bonds is 11. The Balaban J connectivity index is 3.94. The number of ether oxygens (including phenoxy) is 2. The lowest BCUT2D eigenvalue weighted by atomic mass is 9.82. The van der Waals surface area contributed by atoms with Gasteiger partial charge in [-0.2, -0.15) is 0 Å². The number of methoxy groups -OCH3 is 1. The Morgan fingerprint density at radius 3 is 2.16 bits per heavy atom. The van der Waals surface area contributed by atoms with Crippen LogP contribution in [-0.4, -0.2) is 39.0 Å². The Hall–Kier alpha value is -0.120. The summed E-state index contributed by atoms with van der Waals surface area (Å²) in [4.78, 5) is 0. The molecule has 0 amide bonds. The maximum Gasteiger partial charge on any atom is 0.0487 e. The van der Waals surface area contributed by atoms with E-state index in [0.29, 0.717) is 5.41 Å². The van der Waals surface area contributed by atoms with Crippen molar-refractivity contribution >= 4 is 0 Å². The highest BCUT2D eigenvalue weighted by molar-refractivity contribution is 4.81. The Morgan fingerprint density at radius 1 is 0.947 bits per heavy atom. The highest BCUT2D eigenvalue weighted by Gasteiger charge is 2.25. The molecule has 0 aliphatic carbocycles. The summed E-state index contributed by atoms with van der Waals surface area (Å²) in [7, 11) is 1.73. The second kappa shape index (κ2) is 9.73. The molecule has 0 saturated heterocycles. The molecule has 1 N–H and O–H groups in total. The van der Waals surface area contributed by atoms with E-state index in [1.807, 2.05) is 0 Å². The summed E-state index contributed by atoms with van der Waals surface area (Å²) in [6, 6.07) is 0. The van der Waals surface area contributed by atoms with Gasteiger partial charge in [-0.15, -0.1) is 0 Å². The fourth-order valence-electron chi connectivity index (χ4n) is 2.11. The normalized spacial score (nSPS) is 15.5. The van der Waals surface area contributed by atoms with Gasteiger partial charge in [0.2, 0.25) is 0 Å². The zero-order chi connectivity index (χ0) is 14.8. The van der Waals surface area contributed by atoms with Crippen LogP contribution in [0.5, 0.6) is 0 Å². The molecule has 0 saturated carbocycles. The zero-order valence-corrected chi connectivity index (χ0v) is 14.0. The summed E-state index contributed by atoms with van der Waals surface area (Å²) < 4.78 is 10.7. The summed E-state index contributed by atoms with van der Waals surface area (Å²) in [5, 5.41) is 3.63. The van der Waals surface area contributed by atoms with Crippen LogP contribution in [0.2, 0.25) is 0 Å². The van der Waals surface area contributed by atoms with Gasteiger partial charge >= 0.3 is 0 Å². The fourth-order valence-corrected chi connectivity index (χ4v) is 2.11. The molecule has 0 aliphatic heterocycles. The molecule has 0 radical (unpaired) electrons. The van der Waals surface area contributed by atoms with Crippen molar-refractivity contribution < 1.29 is 9.47 Å². The Morgan fingerprint density at radius 2 is 1.63 bits per heavy atom. The molecular weight excluding hydrogens is 238 g/mol. The summed E-state index contributed by atoms with van der Waals surface area (Å²) >= 11 is 0. The quantitative estimate of drug-likeness (QED) is 0.583. The molecule has 0 fully saturated rings. The van der Waals surface area contributed by atoms with Crippen molar-refractivity contribution in [1.82, 2.24) is 5.32 Å². The van der Waals surface area contributed by atoms with Crippen molar-refractivity contribution in [3.05, 3.63) is 0 Å². The maximum atomic E-state index is 5.70. The van der Waals surface area contributed by atoms with Crippen molar-refractivity contribution in [3.8, 4) is 0 Å². The third kappa shape index (κ3) is 11.4. The third-order valence-electron chi connectivity index (χ3n) is 3.39. The largest absolute Gasteiger partial charge is 0.385 e. The van der Waals surface area contributed by atoms with Crippen molar-refractivity contribution in [2.45, 2.75) is 65.8 Å². The molecule has 3 heteroatoms. The topological polar surface area (TPSA) is 30.5 Å². The molecule has 116 valence electrons.